The molecule has 0 atom stereocenters. The number of hydrogen-bond donors (Lipinski definition) is 2. The maximum Gasteiger partial charge on any atom is 0.250 e. The monoisotopic (exact) mass is 176 g/mol. The van der Waals surface area contributed by atoms with Gasteiger partial charge in [-0.1, -0.05) is 11.8 Å². The lowest BCUT2D eigenvalue weighted by Gasteiger charge is -1.93. The van der Waals surface area contributed by atoms with Crippen LogP contribution in [0.3, 0.4) is 0 Å². The first-order valence-electron chi connectivity index (χ1n) is 3.58. The third-order valence-electron chi connectivity index (χ3n) is 1.33. The maximum absolute atomic E-state index is 10.7. The molecule has 0 aliphatic rings. The summed E-state index contributed by atoms with van der Waals surface area (Å²) < 4.78 is 0. The highest BCUT2D eigenvalue weighted by Crippen LogP contribution is 1.99. The number of pyridine rings is 1. The molecule has 0 aliphatic carbocycles. The number of nitrogens with two attached hydrogens (primary N) is 1. The Morgan fingerprint density at radius 3 is 3.00 bits per heavy atom. The second-order valence-electron chi connectivity index (χ2n) is 2.29. The van der Waals surface area contributed by atoms with Gasteiger partial charge in [0.05, 0.1) is 5.56 Å². The molecule has 1 amide bonds. The van der Waals surface area contributed by atoms with Gasteiger partial charge in [0.15, 0.2) is 0 Å². The second-order valence-corrected chi connectivity index (χ2v) is 2.29. The summed E-state index contributed by atoms with van der Waals surface area (Å²) in [4.78, 5) is 14.5. The lowest BCUT2D eigenvalue weighted by atomic mass is 10.2. The summed E-state index contributed by atoms with van der Waals surface area (Å²) in [7, 11) is 0. The minimum atomic E-state index is -0.542. The first-order valence-corrected chi connectivity index (χ1v) is 3.58. The molecule has 3 N–H and O–H groups in total. The molecule has 0 spiro atoms. The van der Waals surface area contributed by atoms with Crippen LogP contribution in [-0.2, 0) is 0 Å². The second kappa shape index (κ2) is 4.24. The average Bonchev–Trinajstić information content (AvgIpc) is 2.15. The molecular formula is C9H8N2O2. The topological polar surface area (TPSA) is 76.2 Å². The van der Waals surface area contributed by atoms with Gasteiger partial charge >= 0.3 is 0 Å². The van der Waals surface area contributed by atoms with Crippen LogP contribution in [0.1, 0.15) is 15.9 Å². The van der Waals surface area contributed by atoms with Crippen molar-refractivity contribution in [1.82, 2.24) is 4.98 Å². The standard InChI is InChI=1S/C9H8N2O2/c10-9(13)8-4-7(2-1-3-12)5-11-6-8/h4-6,12H,3H2,(H2,10,13). The molecular weight excluding hydrogens is 168 g/mol. The number of aliphatic hydroxyl groups is 1. The Kier molecular flexibility index (Phi) is 3.01. The Labute approximate surface area is 75.4 Å². The number of aliphatic hydroxyl groups excluding tert-OH is 1. The van der Waals surface area contributed by atoms with Crippen molar-refractivity contribution in [3.63, 3.8) is 0 Å². The largest absolute Gasteiger partial charge is 0.384 e. The van der Waals surface area contributed by atoms with Gasteiger partial charge < -0.3 is 10.8 Å². The number of carbonyl (C=O) groups is 1. The Morgan fingerprint density at radius 2 is 2.38 bits per heavy atom. The molecule has 0 saturated carbocycles. The van der Waals surface area contributed by atoms with Crippen molar-refractivity contribution < 1.29 is 9.90 Å². The van der Waals surface area contributed by atoms with E-state index >= 15 is 0 Å². The molecule has 0 aliphatic heterocycles. The number of amides is 1. The zero-order chi connectivity index (χ0) is 9.68. The molecule has 0 bridgehead atoms. The van der Waals surface area contributed by atoms with E-state index < -0.39 is 5.91 Å². The molecule has 13 heavy (non-hydrogen) atoms. The summed E-state index contributed by atoms with van der Waals surface area (Å²) in [6.45, 7) is -0.221. The number of rotatable bonds is 1. The van der Waals surface area contributed by atoms with Crippen LogP contribution in [-0.4, -0.2) is 22.6 Å². The predicted molar refractivity (Wildman–Crippen MR) is 46.7 cm³/mol. The lowest BCUT2D eigenvalue weighted by molar-refractivity contribution is 0.1000. The van der Waals surface area contributed by atoms with Gasteiger partial charge in [-0.05, 0) is 6.07 Å². The van der Waals surface area contributed by atoms with Gasteiger partial charge in [-0.2, -0.15) is 0 Å². The fourth-order valence-electron chi connectivity index (χ4n) is 0.785. The van der Waals surface area contributed by atoms with Gasteiger partial charge in [0.1, 0.15) is 6.61 Å². The SMILES string of the molecule is NC(=O)c1cncc(C#CCO)c1. The van der Waals surface area contributed by atoms with Gasteiger partial charge in [-0.25, -0.2) is 0 Å². The Balaban J connectivity index is 2.98. The molecule has 0 aromatic carbocycles. The maximum atomic E-state index is 10.7. The fourth-order valence-corrected chi connectivity index (χ4v) is 0.785. The van der Waals surface area contributed by atoms with E-state index in [2.05, 4.69) is 16.8 Å². The van der Waals surface area contributed by atoms with E-state index in [1.54, 1.807) is 0 Å². The highest BCUT2D eigenvalue weighted by atomic mass is 16.2. The number of carbonyl (C=O) groups excluding carboxylic acids is 1. The zero-order valence-electron chi connectivity index (χ0n) is 6.82. The normalized spacial score (nSPS) is 8.69. The van der Waals surface area contributed by atoms with Crippen LogP contribution in [0.2, 0.25) is 0 Å². The molecule has 0 unspecified atom stereocenters. The number of aromatic nitrogens is 1. The van der Waals surface area contributed by atoms with Crippen LogP contribution < -0.4 is 5.73 Å². The molecule has 0 fully saturated rings. The summed E-state index contributed by atoms with van der Waals surface area (Å²) in [6.07, 6.45) is 2.86. The van der Waals surface area contributed by atoms with E-state index in [9.17, 15) is 4.79 Å². The molecule has 4 heteroatoms. The van der Waals surface area contributed by atoms with E-state index in [-0.39, 0.29) is 6.61 Å². The predicted octanol–water partition coefficient (Wildman–Crippen LogP) is -0.476. The summed E-state index contributed by atoms with van der Waals surface area (Å²) in [5.74, 6) is 4.52. The summed E-state index contributed by atoms with van der Waals surface area (Å²) >= 11 is 0. The van der Waals surface area contributed by atoms with Crippen LogP contribution in [0.25, 0.3) is 0 Å². The van der Waals surface area contributed by atoms with E-state index in [1.165, 1.54) is 18.5 Å². The van der Waals surface area contributed by atoms with Crippen molar-refractivity contribution in [2.24, 2.45) is 5.73 Å². The number of hydrogen-bond acceptors (Lipinski definition) is 3. The van der Waals surface area contributed by atoms with Crippen LogP contribution in [0, 0.1) is 11.8 Å². The third kappa shape index (κ3) is 2.58. The zero-order valence-corrected chi connectivity index (χ0v) is 6.82. The lowest BCUT2D eigenvalue weighted by Crippen LogP contribution is -2.11. The first kappa shape index (κ1) is 9.23. The number of nitrogens with zero attached hydrogens (tertiary/aromatic N) is 1. The smallest absolute Gasteiger partial charge is 0.250 e. The van der Waals surface area contributed by atoms with Gasteiger partial charge in [-0.15, -0.1) is 0 Å². The van der Waals surface area contributed by atoms with Crippen molar-refractivity contribution in [2.75, 3.05) is 6.61 Å². The van der Waals surface area contributed by atoms with Crippen LogP contribution in [0.4, 0.5) is 0 Å². The van der Waals surface area contributed by atoms with E-state index in [0.717, 1.165) is 0 Å². The van der Waals surface area contributed by atoms with Crippen LogP contribution in [0.5, 0.6) is 0 Å². The minimum absolute atomic E-state index is 0.221. The molecule has 1 aromatic heterocycles. The van der Waals surface area contributed by atoms with Crippen molar-refractivity contribution >= 4 is 5.91 Å². The highest BCUT2D eigenvalue weighted by Gasteiger charge is 1.99. The Morgan fingerprint density at radius 1 is 1.62 bits per heavy atom. The van der Waals surface area contributed by atoms with Crippen LogP contribution in [0.15, 0.2) is 18.5 Å². The molecule has 1 rings (SSSR count). The average molecular weight is 176 g/mol. The third-order valence-corrected chi connectivity index (χ3v) is 1.33. The molecule has 1 heterocycles. The highest BCUT2D eigenvalue weighted by molar-refractivity contribution is 5.92. The van der Waals surface area contributed by atoms with Gasteiger partial charge in [0.25, 0.3) is 0 Å². The fraction of sp³-hybridized carbons (Fsp3) is 0.111. The van der Waals surface area contributed by atoms with Crippen molar-refractivity contribution in [1.29, 1.82) is 0 Å². The Hall–Kier alpha value is -1.86. The summed E-state index contributed by atoms with van der Waals surface area (Å²) in [5.41, 5.74) is 5.91. The number of primary amides is 1. The molecule has 0 radical (unpaired) electrons. The van der Waals surface area contributed by atoms with E-state index in [0.29, 0.717) is 11.1 Å². The summed E-state index contributed by atoms with van der Waals surface area (Å²) in [6, 6.07) is 1.53. The molecule has 66 valence electrons. The van der Waals surface area contributed by atoms with Gasteiger partial charge in [0, 0.05) is 18.0 Å². The van der Waals surface area contributed by atoms with Gasteiger partial charge in [0.2, 0.25) is 5.91 Å². The molecule has 0 saturated heterocycles. The first-order chi connectivity index (χ1) is 6.24. The summed E-state index contributed by atoms with van der Waals surface area (Å²) in [5, 5.41) is 8.42. The van der Waals surface area contributed by atoms with Crippen molar-refractivity contribution in [3.8, 4) is 11.8 Å². The van der Waals surface area contributed by atoms with E-state index in [1.807, 2.05) is 0 Å². The van der Waals surface area contributed by atoms with Crippen molar-refractivity contribution in [3.05, 3.63) is 29.6 Å². The van der Waals surface area contributed by atoms with Gasteiger partial charge in [-0.3, -0.25) is 9.78 Å². The van der Waals surface area contributed by atoms with E-state index in [4.69, 9.17) is 10.8 Å². The van der Waals surface area contributed by atoms with Crippen molar-refractivity contribution in [2.45, 2.75) is 0 Å². The molecule has 1 aromatic rings. The minimum Gasteiger partial charge on any atom is -0.384 e. The Bertz CT molecular complexity index is 377. The quantitative estimate of drug-likeness (QED) is 0.567. The molecule has 4 nitrogen and oxygen atoms in total. The van der Waals surface area contributed by atoms with Crippen LogP contribution >= 0.6 is 0 Å².